The molecule has 1 aromatic carbocycles. The molecule has 5 nitrogen and oxygen atoms in total. The van der Waals surface area contributed by atoms with Crippen LogP contribution in [0.4, 0.5) is 4.39 Å². The Morgan fingerprint density at radius 2 is 2.04 bits per heavy atom. The number of piperidine rings is 1. The molecule has 27 heavy (non-hydrogen) atoms. The maximum absolute atomic E-state index is 14.0. The van der Waals surface area contributed by atoms with E-state index in [1.165, 1.54) is 6.07 Å². The monoisotopic (exact) mass is 375 g/mol. The van der Waals surface area contributed by atoms with Gasteiger partial charge in [0.1, 0.15) is 5.82 Å². The molecule has 148 valence electrons. The Labute approximate surface area is 160 Å². The highest BCUT2D eigenvalue weighted by atomic mass is 19.1. The Morgan fingerprint density at radius 1 is 1.26 bits per heavy atom. The minimum Gasteiger partial charge on any atom is -0.354 e. The van der Waals surface area contributed by atoms with Gasteiger partial charge in [-0.1, -0.05) is 18.2 Å². The van der Waals surface area contributed by atoms with Crippen LogP contribution in [0.2, 0.25) is 0 Å². The van der Waals surface area contributed by atoms with Crippen molar-refractivity contribution >= 4 is 11.8 Å². The number of halogens is 1. The van der Waals surface area contributed by atoms with Crippen LogP contribution in [0.15, 0.2) is 24.3 Å². The lowest BCUT2D eigenvalue weighted by molar-refractivity contribution is -0.146. The Hall–Kier alpha value is -1.95. The Bertz CT molecular complexity index is 694. The molecule has 0 aromatic heterocycles. The van der Waals surface area contributed by atoms with Crippen LogP contribution in [-0.2, 0) is 16.1 Å². The number of carbonyl (C=O) groups excluding carboxylic acids is 2. The molecule has 2 aliphatic heterocycles. The van der Waals surface area contributed by atoms with Gasteiger partial charge in [0.05, 0.1) is 5.41 Å². The van der Waals surface area contributed by atoms with Crippen molar-refractivity contribution in [2.24, 2.45) is 5.41 Å². The molecule has 2 heterocycles. The smallest absolute Gasteiger partial charge is 0.230 e. The lowest BCUT2D eigenvalue weighted by Crippen LogP contribution is -2.49. The second kappa shape index (κ2) is 8.38. The summed E-state index contributed by atoms with van der Waals surface area (Å²) in [6, 6.07) is 6.82. The predicted molar refractivity (Wildman–Crippen MR) is 102 cm³/mol. The summed E-state index contributed by atoms with van der Waals surface area (Å²) in [7, 11) is 0. The van der Waals surface area contributed by atoms with E-state index in [0.29, 0.717) is 38.2 Å². The first-order chi connectivity index (χ1) is 12.9. The van der Waals surface area contributed by atoms with E-state index in [-0.39, 0.29) is 29.1 Å². The predicted octanol–water partition coefficient (Wildman–Crippen LogP) is 2.55. The molecule has 0 radical (unpaired) electrons. The molecular formula is C21H30FN3O2. The van der Waals surface area contributed by atoms with Crippen molar-refractivity contribution in [3.05, 3.63) is 35.6 Å². The molecule has 1 aromatic rings. The van der Waals surface area contributed by atoms with Crippen molar-refractivity contribution in [1.29, 1.82) is 0 Å². The van der Waals surface area contributed by atoms with Crippen LogP contribution in [0.5, 0.6) is 0 Å². The number of rotatable bonds is 6. The summed E-state index contributed by atoms with van der Waals surface area (Å²) in [6.45, 7) is 7.15. The third-order valence-electron chi connectivity index (χ3n) is 5.68. The molecular weight excluding hydrogens is 345 g/mol. The quantitative estimate of drug-likeness (QED) is 0.831. The number of hydrogen-bond donors (Lipinski definition) is 1. The van der Waals surface area contributed by atoms with Gasteiger partial charge in [-0.05, 0) is 45.7 Å². The van der Waals surface area contributed by atoms with E-state index < -0.39 is 0 Å². The highest BCUT2D eigenvalue weighted by Crippen LogP contribution is 2.40. The molecule has 3 rings (SSSR count). The molecule has 1 N–H and O–H groups in total. The van der Waals surface area contributed by atoms with Crippen LogP contribution >= 0.6 is 0 Å². The molecule has 6 heteroatoms. The molecule has 0 bridgehead atoms. The third-order valence-corrected chi connectivity index (χ3v) is 5.68. The average molecular weight is 375 g/mol. The molecule has 2 aliphatic rings. The Kier molecular flexibility index (Phi) is 6.15. The number of carbonyl (C=O) groups is 2. The average Bonchev–Trinajstić information content (AvgIpc) is 3.03. The first kappa shape index (κ1) is 19.8. The topological polar surface area (TPSA) is 52.7 Å². The van der Waals surface area contributed by atoms with Crippen LogP contribution in [-0.4, -0.2) is 53.8 Å². The summed E-state index contributed by atoms with van der Waals surface area (Å²) < 4.78 is 14.0. The number of likely N-dealkylation sites (tertiary alicyclic amines) is 2. The Balaban J connectivity index is 1.58. The zero-order chi connectivity index (χ0) is 19.4. The van der Waals surface area contributed by atoms with E-state index in [9.17, 15) is 14.0 Å². The Morgan fingerprint density at radius 3 is 2.78 bits per heavy atom. The maximum Gasteiger partial charge on any atom is 0.230 e. The number of hydrogen-bond acceptors (Lipinski definition) is 3. The van der Waals surface area contributed by atoms with E-state index in [0.717, 1.165) is 25.8 Å². The van der Waals surface area contributed by atoms with Crippen LogP contribution in [0.25, 0.3) is 0 Å². The minimum absolute atomic E-state index is 0.0575. The van der Waals surface area contributed by atoms with Gasteiger partial charge in [-0.3, -0.25) is 9.59 Å². The van der Waals surface area contributed by atoms with E-state index in [1.54, 1.807) is 12.1 Å². The fourth-order valence-electron chi connectivity index (χ4n) is 4.32. The van der Waals surface area contributed by atoms with Gasteiger partial charge in [-0.15, -0.1) is 0 Å². The number of benzene rings is 1. The summed E-state index contributed by atoms with van der Waals surface area (Å²) >= 11 is 0. The molecule has 2 fully saturated rings. The number of nitrogens with one attached hydrogen (secondary N) is 1. The van der Waals surface area contributed by atoms with Crippen molar-refractivity contribution in [2.75, 3.05) is 26.2 Å². The molecule has 2 amide bonds. The van der Waals surface area contributed by atoms with Crippen LogP contribution in [0.1, 0.15) is 45.1 Å². The minimum atomic E-state index is -0.363. The highest BCUT2D eigenvalue weighted by molar-refractivity contribution is 5.84. The van der Waals surface area contributed by atoms with Crippen molar-refractivity contribution in [2.45, 2.75) is 52.1 Å². The maximum atomic E-state index is 14.0. The molecule has 0 saturated carbocycles. The lowest BCUT2D eigenvalue weighted by Gasteiger charge is -2.39. The fourth-order valence-corrected chi connectivity index (χ4v) is 4.32. The second-order valence-corrected chi connectivity index (χ2v) is 8.20. The first-order valence-electron chi connectivity index (χ1n) is 9.94. The largest absolute Gasteiger partial charge is 0.354 e. The standard InChI is InChI=1S/C21H30FN3O2/c1-16(2)23-19(26)8-12-24-13-10-21(15-24)9-5-11-25(20(21)27)14-17-6-3-4-7-18(17)22/h3-4,6-7,16H,5,8-15H2,1-2H3,(H,23,26)/t21-/m0/s1. The van der Waals surface area contributed by atoms with E-state index in [2.05, 4.69) is 10.2 Å². The van der Waals surface area contributed by atoms with E-state index in [4.69, 9.17) is 0 Å². The van der Waals surface area contributed by atoms with Crippen molar-refractivity contribution in [3.8, 4) is 0 Å². The van der Waals surface area contributed by atoms with Crippen molar-refractivity contribution < 1.29 is 14.0 Å². The first-order valence-corrected chi connectivity index (χ1v) is 9.94. The van der Waals surface area contributed by atoms with Gasteiger partial charge < -0.3 is 15.1 Å². The highest BCUT2D eigenvalue weighted by Gasteiger charge is 2.48. The van der Waals surface area contributed by atoms with Crippen LogP contribution in [0, 0.1) is 11.2 Å². The van der Waals surface area contributed by atoms with Crippen LogP contribution in [0.3, 0.4) is 0 Å². The lowest BCUT2D eigenvalue weighted by atomic mass is 9.78. The van der Waals surface area contributed by atoms with Gasteiger partial charge in [0, 0.05) is 44.2 Å². The van der Waals surface area contributed by atoms with Crippen molar-refractivity contribution in [1.82, 2.24) is 15.1 Å². The van der Waals surface area contributed by atoms with E-state index >= 15 is 0 Å². The zero-order valence-corrected chi connectivity index (χ0v) is 16.3. The number of amides is 2. The molecule has 2 saturated heterocycles. The summed E-state index contributed by atoms with van der Waals surface area (Å²) in [6.07, 6.45) is 3.11. The third kappa shape index (κ3) is 4.67. The second-order valence-electron chi connectivity index (χ2n) is 8.20. The fraction of sp³-hybridized carbons (Fsp3) is 0.619. The van der Waals surface area contributed by atoms with Gasteiger partial charge in [0.2, 0.25) is 11.8 Å². The summed E-state index contributed by atoms with van der Waals surface area (Å²) in [5, 5.41) is 2.91. The van der Waals surface area contributed by atoms with E-state index in [1.807, 2.05) is 24.8 Å². The van der Waals surface area contributed by atoms with Crippen LogP contribution < -0.4 is 5.32 Å². The van der Waals surface area contributed by atoms with Gasteiger partial charge in [-0.2, -0.15) is 0 Å². The van der Waals surface area contributed by atoms with Gasteiger partial charge in [0.25, 0.3) is 0 Å². The number of nitrogens with zero attached hydrogens (tertiary/aromatic N) is 2. The summed E-state index contributed by atoms with van der Waals surface area (Å²) in [4.78, 5) is 29.1. The van der Waals surface area contributed by atoms with Crippen molar-refractivity contribution in [3.63, 3.8) is 0 Å². The summed E-state index contributed by atoms with van der Waals surface area (Å²) in [5.74, 6) is -0.0534. The molecule has 1 atom stereocenters. The molecule has 1 spiro atoms. The van der Waals surface area contributed by atoms with Gasteiger partial charge in [0.15, 0.2) is 0 Å². The molecule has 0 aliphatic carbocycles. The SMILES string of the molecule is CC(C)NC(=O)CCN1CC[C@@]2(CCCN(Cc3ccccc3F)C2=O)C1. The van der Waals surface area contributed by atoms with Gasteiger partial charge in [-0.25, -0.2) is 4.39 Å². The van der Waals surface area contributed by atoms with Gasteiger partial charge >= 0.3 is 0 Å². The summed E-state index contributed by atoms with van der Waals surface area (Å²) in [5.41, 5.74) is 0.209. The zero-order valence-electron chi connectivity index (χ0n) is 16.3. The molecule has 0 unspecified atom stereocenters. The normalized spacial score (nSPS) is 23.4.